The zero-order chi connectivity index (χ0) is 18.7. The number of rotatable bonds is 4. The topological polar surface area (TPSA) is 66.5 Å². The van der Waals surface area contributed by atoms with Crippen LogP contribution in [0.2, 0.25) is 5.02 Å². The summed E-state index contributed by atoms with van der Waals surface area (Å²) >= 11 is 6.18. The number of hydrogen-bond acceptors (Lipinski definition) is 3. The van der Waals surface area contributed by atoms with E-state index in [1.54, 1.807) is 31.2 Å². The molecule has 1 heterocycles. The minimum Gasteiger partial charge on any atom is -0.321 e. The Morgan fingerprint density at radius 1 is 1.19 bits per heavy atom. The van der Waals surface area contributed by atoms with Gasteiger partial charge in [-0.1, -0.05) is 41.9 Å². The number of amides is 1. The molecular weight excluding hydrogens is 372 g/mol. The van der Waals surface area contributed by atoms with Gasteiger partial charge < -0.3 is 5.32 Å². The fourth-order valence-electron chi connectivity index (χ4n) is 2.78. The maximum atomic E-state index is 12.5. The van der Waals surface area contributed by atoms with E-state index >= 15 is 0 Å². The summed E-state index contributed by atoms with van der Waals surface area (Å²) in [6, 6.07) is 14.3. The number of hydrogen-bond donors (Lipinski definition) is 1. The molecule has 0 radical (unpaired) electrons. The molecule has 5 nitrogen and oxygen atoms in total. The Morgan fingerprint density at radius 3 is 2.58 bits per heavy atom. The molecule has 0 spiro atoms. The molecule has 0 aromatic heterocycles. The first-order valence-electron chi connectivity index (χ1n) is 8.21. The van der Waals surface area contributed by atoms with E-state index in [4.69, 9.17) is 11.6 Å². The Kier molecular flexibility index (Phi) is 5.34. The highest BCUT2D eigenvalue weighted by Gasteiger charge is 2.28. The van der Waals surface area contributed by atoms with Gasteiger partial charge in [0.25, 0.3) is 5.91 Å². The highest BCUT2D eigenvalue weighted by Crippen LogP contribution is 2.31. The van der Waals surface area contributed by atoms with E-state index in [9.17, 15) is 13.2 Å². The van der Waals surface area contributed by atoms with E-state index < -0.39 is 10.0 Å². The monoisotopic (exact) mass is 390 g/mol. The van der Waals surface area contributed by atoms with Crippen molar-refractivity contribution in [2.45, 2.75) is 13.3 Å². The molecule has 0 saturated carbocycles. The molecule has 0 unspecified atom stereocenters. The molecule has 1 saturated heterocycles. The summed E-state index contributed by atoms with van der Waals surface area (Å²) < 4.78 is 25.5. The number of carbonyl (C=O) groups excluding carboxylic acids is 1. The van der Waals surface area contributed by atoms with Crippen molar-refractivity contribution in [2.75, 3.05) is 21.9 Å². The first-order valence-corrected chi connectivity index (χ1v) is 10.2. The molecule has 0 bridgehead atoms. The Morgan fingerprint density at radius 2 is 1.92 bits per heavy atom. The lowest BCUT2D eigenvalue weighted by Gasteiger charge is -2.18. The van der Waals surface area contributed by atoms with E-state index in [0.717, 1.165) is 5.56 Å². The van der Waals surface area contributed by atoms with Crippen LogP contribution in [0.4, 0.5) is 11.4 Å². The number of sulfonamides is 1. The molecule has 26 heavy (non-hydrogen) atoms. The quantitative estimate of drug-likeness (QED) is 0.804. The molecule has 3 rings (SSSR count). The fourth-order valence-corrected chi connectivity index (χ4v) is 4.50. The maximum absolute atomic E-state index is 12.5. The molecular formula is C19H19ClN2O3S. The van der Waals surface area contributed by atoms with Gasteiger partial charge in [0.1, 0.15) is 0 Å². The molecule has 136 valence electrons. The van der Waals surface area contributed by atoms with Crippen molar-refractivity contribution in [1.82, 2.24) is 0 Å². The zero-order valence-corrected chi connectivity index (χ0v) is 15.8. The molecule has 0 aliphatic carbocycles. The molecule has 7 heteroatoms. The van der Waals surface area contributed by atoms with Crippen LogP contribution in [0.1, 0.15) is 18.9 Å². The molecule has 1 aliphatic rings. The molecule has 1 fully saturated rings. The van der Waals surface area contributed by atoms with Crippen molar-refractivity contribution < 1.29 is 13.2 Å². The third-order valence-corrected chi connectivity index (χ3v) is 6.33. The van der Waals surface area contributed by atoms with Crippen molar-refractivity contribution in [3.05, 3.63) is 64.7 Å². The van der Waals surface area contributed by atoms with E-state index in [0.29, 0.717) is 34.9 Å². The SMILES string of the molecule is C/C(=C\c1ccccc1)C(=O)Nc1cc(N2CCCS2(=O)=O)ccc1Cl. The predicted octanol–water partition coefficient (Wildman–Crippen LogP) is 3.92. The largest absolute Gasteiger partial charge is 0.321 e. The fraction of sp³-hybridized carbons (Fsp3) is 0.211. The number of halogens is 1. The van der Waals surface area contributed by atoms with Crippen LogP contribution < -0.4 is 9.62 Å². The standard InChI is InChI=1S/C19H19ClN2O3S/c1-14(12-15-6-3-2-4-7-15)19(23)21-18-13-16(8-9-17(18)20)22-10-5-11-26(22,24)25/h2-4,6-9,12-13H,5,10-11H2,1H3,(H,21,23)/b14-12+. The number of carbonyl (C=O) groups is 1. The summed E-state index contributed by atoms with van der Waals surface area (Å²) in [6.07, 6.45) is 2.36. The number of nitrogens with one attached hydrogen (secondary N) is 1. The summed E-state index contributed by atoms with van der Waals surface area (Å²) in [5.74, 6) is -0.159. The van der Waals surface area contributed by atoms with Crippen LogP contribution in [-0.2, 0) is 14.8 Å². The van der Waals surface area contributed by atoms with Crippen molar-refractivity contribution in [3.63, 3.8) is 0 Å². The average Bonchev–Trinajstić information content (AvgIpc) is 2.97. The first kappa shape index (κ1) is 18.5. The highest BCUT2D eigenvalue weighted by atomic mass is 35.5. The van der Waals surface area contributed by atoms with Crippen LogP contribution in [0, 0.1) is 0 Å². The molecule has 0 atom stereocenters. The van der Waals surface area contributed by atoms with E-state index in [-0.39, 0.29) is 11.7 Å². The van der Waals surface area contributed by atoms with Gasteiger partial charge in [0.05, 0.1) is 22.2 Å². The Labute approximate surface area is 158 Å². The van der Waals surface area contributed by atoms with Gasteiger partial charge in [0, 0.05) is 12.1 Å². The normalized spacial score (nSPS) is 16.5. The Balaban J connectivity index is 1.82. The second-order valence-corrected chi connectivity index (χ2v) is 8.52. The van der Waals surface area contributed by atoms with Crippen LogP contribution in [-0.4, -0.2) is 26.6 Å². The minimum absolute atomic E-state index is 0.135. The number of nitrogens with zero attached hydrogens (tertiary/aromatic N) is 1. The Bertz CT molecular complexity index is 956. The molecule has 1 aliphatic heterocycles. The van der Waals surface area contributed by atoms with Gasteiger partial charge in [-0.15, -0.1) is 0 Å². The second kappa shape index (κ2) is 7.51. The van der Waals surface area contributed by atoms with Crippen molar-refractivity contribution in [3.8, 4) is 0 Å². The summed E-state index contributed by atoms with van der Waals surface area (Å²) in [6.45, 7) is 2.15. The van der Waals surface area contributed by atoms with Gasteiger partial charge in [-0.05, 0) is 43.2 Å². The first-order chi connectivity index (χ1) is 12.4. The van der Waals surface area contributed by atoms with Crippen molar-refractivity contribution in [1.29, 1.82) is 0 Å². The molecule has 2 aromatic rings. The number of benzene rings is 2. The van der Waals surface area contributed by atoms with Crippen LogP contribution in [0.15, 0.2) is 54.1 Å². The summed E-state index contributed by atoms with van der Waals surface area (Å²) in [7, 11) is -3.29. The highest BCUT2D eigenvalue weighted by molar-refractivity contribution is 7.93. The minimum atomic E-state index is -3.29. The van der Waals surface area contributed by atoms with Gasteiger partial charge in [-0.3, -0.25) is 9.10 Å². The molecule has 1 amide bonds. The van der Waals surface area contributed by atoms with Crippen LogP contribution in [0.5, 0.6) is 0 Å². The van der Waals surface area contributed by atoms with Crippen LogP contribution >= 0.6 is 11.6 Å². The van der Waals surface area contributed by atoms with E-state index in [1.165, 1.54) is 4.31 Å². The lowest BCUT2D eigenvalue weighted by molar-refractivity contribution is -0.112. The van der Waals surface area contributed by atoms with Gasteiger partial charge >= 0.3 is 0 Å². The third kappa shape index (κ3) is 4.08. The van der Waals surface area contributed by atoms with E-state index in [2.05, 4.69) is 5.32 Å². The average molecular weight is 391 g/mol. The molecule has 1 N–H and O–H groups in total. The predicted molar refractivity (Wildman–Crippen MR) is 106 cm³/mol. The smallest absolute Gasteiger partial charge is 0.251 e. The lowest BCUT2D eigenvalue weighted by Crippen LogP contribution is -2.25. The van der Waals surface area contributed by atoms with Crippen molar-refractivity contribution >= 4 is 45.0 Å². The van der Waals surface area contributed by atoms with Crippen LogP contribution in [0.25, 0.3) is 6.08 Å². The van der Waals surface area contributed by atoms with Crippen molar-refractivity contribution in [2.24, 2.45) is 0 Å². The van der Waals surface area contributed by atoms with Gasteiger partial charge in [-0.2, -0.15) is 0 Å². The van der Waals surface area contributed by atoms with E-state index in [1.807, 2.05) is 30.3 Å². The summed E-state index contributed by atoms with van der Waals surface area (Å²) in [5, 5.41) is 3.11. The third-order valence-electron chi connectivity index (χ3n) is 4.13. The van der Waals surface area contributed by atoms with Gasteiger partial charge in [0.2, 0.25) is 10.0 Å². The zero-order valence-electron chi connectivity index (χ0n) is 14.3. The number of anilines is 2. The summed E-state index contributed by atoms with van der Waals surface area (Å²) in [4.78, 5) is 12.5. The maximum Gasteiger partial charge on any atom is 0.251 e. The molecule has 2 aromatic carbocycles. The van der Waals surface area contributed by atoms with Gasteiger partial charge in [0.15, 0.2) is 0 Å². The lowest BCUT2D eigenvalue weighted by atomic mass is 10.1. The van der Waals surface area contributed by atoms with Crippen LogP contribution in [0.3, 0.4) is 0 Å². The second-order valence-electron chi connectivity index (χ2n) is 6.10. The Hall–Kier alpha value is -2.31. The summed E-state index contributed by atoms with van der Waals surface area (Å²) in [5.41, 5.74) is 2.33. The van der Waals surface area contributed by atoms with Gasteiger partial charge in [-0.25, -0.2) is 8.42 Å².